The molecule has 1 aliphatic rings. The maximum absolute atomic E-state index is 12.4. The van der Waals surface area contributed by atoms with Crippen molar-refractivity contribution in [2.75, 3.05) is 11.4 Å². The zero-order chi connectivity index (χ0) is 13.4. The molecule has 4 nitrogen and oxygen atoms in total. The summed E-state index contributed by atoms with van der Waals surface area (Å²) in [6.07, 6.45) is 0.820. The summed E-state index contributed by atoms with van der Waals surface area (Å²) in [6.45, 7) is 0.610. The summed E-state index contributed by atoms with van der Waals surface area (Å²) in [4.78, 5) is 14.1. The number of aromatic hydroxyl groups is 2. The second-order valence-corrected chi connectivity index (χ2v) is 4.54. The van der Waals surface area contributed by atoms with Crippen LogP contribution in [0.15, 0.2) is 42.5 Å². The molecule has 2 aromatic carbocycles. The van der Waals surface area contributed by atoms with E-state index in [0.29, 0.717) is 6.54 Å². The van der Waals surface area contributed by atoms with Crippen LogP contribution in [0.3, 0.4) is 0 Å². The molecule has 19 heavy (non-hydrogen) atoms. The third kappa shape index (κ3) is 1.91. The molecule has 2 aromatic rings. The van der Waals surface area contributed by atoms with Crippen molar-refractivity contribution in [3.8, 4) is 11.5 Å². The Bertz CT molecular complexity index is 652. The van der Waals surface area contributed by atoms with Gasteiger partial charge in [0.25, 0.3) is 5.91 Å². The highest BCUT2D eigenvalue weighted by Gasteiger charge is 2.26. The summed E-state index contributed by atoms with van der Waals surface area (Å²) in [5.41, 5.74) is 2.23. The summed E-state index contributed by atoms with van der Waals surface area (Å²) in [5, 5.41) is 19.0. The number of carbonyl (C=O) groups is 1. The van der Waals surface area contributed by atoms with E-state index in [2.05, 4.69) is 0 Å². The van der Waals surface area contributed by atoms with Crippen LogP contribution in [-0.2, 0) is 6.42 Å². The SMILES string of the molecule is O=C(c1ccc(O)cc1O)N1CCc2ccccc21. The van der Waals surface area contributed by atoms with Gasteiger partial charge in [0.15, 0.2) is 0 Å². The molecule has 96 valence electrons. The number of hydrogen-bond acceptors (Lipinski definition) is 3. The van der Waals surface area contributed by atoms with Gasteiger partial charge in [-0.2, -0.15) is 0 Å². The van der Waals surface area contributed by atoms with Crippen LogP contribution in [0, 0.1) is 0 Å². The molecule has 1 amide bonds. The fraction of sp³-hybridized carbons (Fsp3) is 0.133. The molecule has 4 heteroatoms. The highest BCUT2D eigenvalue weighted by molar-refractivity contribution is 6.09. The molecule has 0 bridgehead atoms. The van der Waals surface area contributed by atoms with Crippen LogP contribution in [-0.4, -0.2) is 22.7 Å². The molecule has 1 aliphatic heterocycles. The molecule has 0 aliphatic carbocycles. The Kier molecular flexibility index (Phi) is 2.63. The fourth-order valence-electron chi connectivity index (χ4n) is 2.40. The van der Waals surface area contributed by atoms with Gasteiger partial charge in [0, 0.05) is 18.3 Å². The molecule has 1 heterocycles. The highest BCUT2D eigenvalue weighted by atomic mass is 16.3. The van der Waals surface area contributed by atoms with E-state index in [9.17, 15) is 15.0 Å². The van der Waals surface area contributed by atoms with Gasteiger partial charge in [-0.1, -0.05) is 18.2 Å². The number of phenolic OH excluding ortho intramolecular Hbond substituents is 2. The van der Waals surface area contributed by atoms with Crippen molar-refractivity contribution in [1.29, 1.82) is 0 Å². The Labute approximate surface area is 110 Å². The normalized spacial score (nSPS) is 13.4. The summed E-state index contributed by atoms with van der Waals surface area (Å²) in [5.74, 6) is -0.507. The van der Waals surface area contributed by atoms with Crippen LogP contribution in [0.25, 0.3) is 0 Å². The van der Waals surface area contributed by atoms with Crippen LogP contribution in [0.5, 0.6) is 11.5 Å². The minimum atomic E-state index is -0.248. The van der Waals surface area contributed by atoms with E-state index < -0.39 is 0 Å². The van der Waals surface area contributed by atoms with Crippen molar-refractivity contribution >= 4 is 11.6 Å². The van der Waals surface area contributed by atoms with Gasteiger partial charge in [-0.3, -0.25) is 4.79 Å². The van der Waals surface area contributed by atoms with Gasteiger partial charge < -0.3 is 15.1 Å². The van der Waals surface area contributed by atoms with E-state index in [1.165, 1.54) is 18.2 Å². The van der Waals surface area contributed by atoms with Crippen LogP contribution in [0.1, 0.15) is 15.9 Å². The van der Waals surface area contributed by atoms with E-state index >= 15 is 0 Å². The molecule has 0 fully saturated rings. The zero-order valence-electron chi connectivity index (χ0n) is 10.2. The third-order valence-corrected chi connectivity index (χ3v) is 3.34. The molecule has 0 atom stereocenters. The summed E-state index contributed by atoms with van der Waals surface area (Å²) >= 11 is 0. The van der Waals surface area contributed by atoms with Gasteiger partial charge >= 0.3 is 0 Å². The van der Waals surface area contributed by atoms with Crippen molar-refractivity contribution in [3.05, 3.63) is 53.6 Å². The lowest BCUT2D eigenvalue weighted by Crippen LogP contribution is -2.28. The lowest BCUT2D eigenvalue weighted by Gasteiger charge is -2.18. The van der Waals surface area contributed by atoms with Gasteiger partial charge in [0.05, 0.1) is 5.56 Å². The van der Waals surface area contributed by atoms with E-state index in [4.69, 9.17) is 0 Å². The van der Waals surface area contributed by atoms with Crippen LogP contribution >= 0.6 is 0 Å². The van der Waals surface area contributed by atoms with Crippen molar-refractivity contribution in [2.45, 2.75) is 6.42 Å². The first-order valence-electron chi connectivity index (χ1n) is 6.08. The van der Waals surface area contributed by atoms with E-state index in [1.807, 2.05) is 24.3 Å². The Hall–Kier alpha value is -2.49. The van der Waals surface area contributed by atoms with Gasteiger partial charge in [-0.15, -0.1) is 0 Å². The molecule has 0 saturated heterocycles. The predicted octanol–water partition coefficient (Wildman–Crippen LogP) is 2.30. The number of rotatable bonds is 1. The number of amides is 1. The Morgan fingerprint density at radius 3 is 2.68 bits per heavy atom. The van der Waals surface area contributed by atoms with Crippen LogP contribution in [0.2, 0.25) is 0 Å². The van der Waals surface area contributed by atoms with Gasteiger partial charge in [-0.05, 0) is 30.2 Å². The maximum atomic E-state index is 12.4. The maximum Gasteiger partial charge on any atom is 0.262 e. The standard InChI is InChI=1S/C15H13NO3/c17-11-5-6-12(14(18)9-11)15(19)16-8-7-10-3-1-2-4-13(10)16/h1-6,9,17-18H,7-8H2. The largest absolute Gasteiger partial charge is 0.508 e. The number of nitrogens with zero attached hydrogens (tertiary/aromatic N) is 1. The molecule has 0 aromatic heterocycles. The quantitative estimate of drug-likeness (QED) is 0.822. The third-order valence-electron chi connectivity index (χ3n) is 3.34. The summed E-state index contributed by atoms with van der Waals surface area (Å²) in [6, 6.07) is 11.8. The molecule has 0 unspecified atom stereocenters. The van der Waals surface area contributed by atoms with Crippen molar-refractivity contribution in [3.63, 3.8) is 0 Å². The Morgan fingerprint density at radius 2 is 1.89 bits per heavy atom. The van der Waals surface area contributed by atoms with Crippen molar-refractivity contribution in [1.82, 2.24) is 0 Å². The van der Waals surface area contributed by atoms with Gasteiger partial charge in [-0.25, -0.2) is 0 Å². The zero-order valence-corrected chi connectivity index (χ0v) is 10.2. The number of carbonyl (C=O) groups excluding carboxylic acids is 1. The first-order chi connectivity index (χ1) is 9.16. The summed E-state index contributed by atoms with van der Waals surface area (Å²) in [7, 11) is 0. The lowest BCUT2D eigenvalue weighted by molar-refractivity contribution is 0.0987. The van der Waals surface area contributed by atoms with Crippen LogP contribution < -0.4 is 4.90 Å². The second-order valence-electron chi connectivity index (χ2n) is 4.54. The minimum absolute atomic E-state index is 0.0594. The first kappa shape index (κ1) is 11.6. The van der Waals surface area contributed by atoms with E-state index in [0.717, 1.165) is 17.7 Å². The van der Waals surface area contributed by atoms with E-state index in [1.54, 1.807) is 4.90 Å². The second kappa shape index (κ2) is 4.31. The highest BCUT2D eigenvalue weighted by Crippen LogP contribution is 2.31. The number of anilines is 1. The number of hydrogen-bond donors (Lipinski definition) is 2. The predicted molar refractivity (Wildman–Crippen MR) is 71.6 cm³/mol. The lowest BCUT2D eigenvalue weighted by atomic mass is 10.1. The number of benzene rings is 2. The molecule has 0 saturated carbocycles. The molecule has 0 radical (unpaired) electrons. The van der Waals surface area contributed by atoms with Crippen molar-refractivity contribution < 1.29 is 15.0 Å². The topological polar surface area (TPSA) is 60.8 Å². The fourth-order valence-corrected chi connectivity index (χ4v) is 2.40. The van der Waals surface area contributed by atoms with Gasteiger partial charge in [0.2, 0.25) is 0 Å². The molecule has 0 spiro atoms. The average molecular weight is 255 g/mol. The number of para-hydroxylation sites is 1. The minimum Gasteiger partial charge on any atom is -0.508 e. The van der Waals surface area contributed by atoms with E-state index in [-0.39, 0.29) is 23.0 Å². The summed E-state index contributed by atoms with van der Waals surface area (Å²) < 4.78 is 0. The first-order valence-corrected chi connectivity index (χ1v) is 6.08. The smallest absolute Gasteiger partial charge is 0.262 e. The average Bonchev–Trinajstić information content (AvgIpc) is 2.82. The number of phenols is 2. The molecule has 3 rings (SSSR count). The van der Waals surface area contributed by atoms with Crippen LogP contribution in [0.4, 0.5) is 5.69 Å². The molecule has 2 N–H and O–H groups in total. The monoisotopic (exact) mass is 255 g/mol. The van der Waals surface area contributed by atoms with Crippen molar-refractivity contribution in [2.24, 2.45) is 0 Å². The number of fused-ring (bicyclic) bond motifs is 1. The van der Waals surface area contributed by atoms with Gasteiger partial charge in [0.1, 0.15) is 11.5 Å². The Morgan fingerprint density at radius 1 is 1.11 bits per heavy atom. The Balaban J connectivity index is 1.98. The molecular weight excluding hydrogens is 242 g/mol. The molecular formula is C15H13NO3.